The van der Waals surface area contributed by atoms with E-state index in [0.717, 1.165) is 22.2 Å². The van der Waals surface area contributed by atoms with E-state index in [2.05, 4.69) is 274 Å². The first-order chi connectivity index (χ1) is 36.7. The van der Waals surface area contributed by atoms with Crippen molar-refractivity contribution in [2.45, 2.75) is 40.0 Å². The van der Waals surface area contributed by atoms with Crippen LogP contribution in [0.2, 0.25) is 0 Å². The van der Waals surface area contributed by atoms with Gasteiger partial charge in [0.05, 0.1) is 22.1 Å². The van der Waals surface area contributed by atoms with Gasteiger partial charge in [0.1, 0.15) is 11.2 Å². The van der Waals surface area contributed by atoms with Gasteiger partial charge in [0, 0.05) is 49.1 Å². The molecule has 15 rings (SSSR count). The first-order valence-corrected chi connectivity index (χ1v) is 26.1. The summed E-state index contributed by atoms with van der Waals surface area (Å²) in [5.74, 6) is 0. The van der Waals surface area contributed by atoms with Crippen LogP contribution >= 0.6 is 0 Å². The van der Waals surface area contributed by atoms with Crippen molar-refractivity contribution in [3.63, 3.8) is 0 Å². The van der Waals surface area contributed by atoms with Gasteiger partial charge in [-0.25, -0.2) is 0 Å². The molecule has 14 aromatic rings. The lowest BCUT2D eigenvalue weighted by Gasteiger charge is -2.21. The highest BCUT2D eigenvalue weighted by atomic mass is 16.3. The molecule has 0 aliphatic heterocycles. The molecule has 360 valence electrons. The zero-order valence-corrected chi connectivity index (χ0v) is 43.0. The predicted molar refractivity (Wildman–Crippen MR) is 318 cm³/mol. The molecule has 3 heterocycles. The van der Waals surface area contributed by atoms with Crippen molar-refractivity contribution in [3.8, 4) is 44.8 Å². The third-order valence-electron chi connectivity index (χ3n) is 15.5. The number of hydrogen-bond acceptors (Lipinski definition) is 1. The van der Waals surface area contributed by atoms with Crippen LogP contribution in [0.1, 0.15) is 41.7 Å². The Morgan fingerprint density at radius 1 is 0.320 bits per heavy atom. The van der Waals surface area contributed by atoms with Gasteiger partial charge in [0.2, 0.25) is 0 Å². The molecular formula is C72H56N2O. The Labute approximate surface area is 438 Å². The van der Waals surface area contributed by atoms with Gasteiger partial charge in [-0.05, 0) is 156 Å². The zero-order valence-electron chi connectivity index (χ0n) is 43.0. The van der Waals surface area contributed by atoms with Crippen molar-refractivity contribution in [2.24, 2.45) is 0 Å². The average molecular weight is 965 g/mol. The highest BCUT2D eigenvalue weighted by Gasteiger charge is 2.34. The molecular weight excluding hydrogens is 909 g/mol. The summed E-state index contributed by atoms with van der Waals surface area (Å²) in [4.78, 5) is 0. The maximum atomic E-state index is 6.23. The molecule has 0 unspecified atom stereocenters. The second-order valence-corrected chi connectivity index (χ2v) is 20.7. The molecule has 0 amide bonds. The van der Waals surface area contributed by atoms with Crippen molar-refractivity contribution in [1.82, 2.24) is 9.13 Å². The Morgan fingerprint density at radius 2 is 0.800 bits per heavy atom. The normalized spacial score (nSPS) is 12.4. The Balaban J connectivity index is 0.000000193. The number of aryl methyl sites for hydroxylation is 3. The second-order valence-electron chi connectivity index (χ2n) is 20.7. The Bertz CT molecular complexity index is 4460. The Morgan fingerprint density at radius 3 is 1.39 bits per heavy atom. The van der Waals surface area contributed by atoms with Crippen LogP contribution in [0.3, 0.4) is 0 Å². The number of fused-ring (bicyclic) bond motifs is 12. The van der Waals surface area contributed by atoms with Crippen LogP contribution in [0, 0.1) is 20.8 Å². The molecule has 75 heavy (non-hydrogen) atoms. The van der Waals surface area contributed by atoms with E-state index in [4.69, 9.17) is 4.42 Å². The van der Waals surface area contributed by atoms with Crippen molar-refractivity contribution >= 4 is 65.6 Å². The van der Waals surface area contributed by atoms with Gasteiger partial charge in [0.25, 0.3) is 0 Å². The van der Waals surface area contributed by atoms with E-state index in [0.29, 0.717) is 0 Å². The van der Waals surface area contributed by atoms with E-state index in [1.807, 2.05) is 18.2 Å². The smallest absolute Gasteiger partial charge is 0.135 e. The fourth-order valence-electron chi connectivity index (χ4n) is 11.8. The van der Waals surface area contributed by atoms with Crippen LogP contribution in [-0.4, -0.2) is 9.13 Å². The minimum absolute atomic E-state index is 0.152. The largest absolute Gasteiger partial charge is 0.456 e. The molecule has 0 saturated carbocycles. The predicted octanol–water partition coefficient (Wildman–Crippen LogP) is 19.7. The van der Waals surface area contributed by atoms with Gasteiger partial charge in [-0.2, -0.15) is 0 Å². The van der Waals surface area contributed by atoms with E-state index in [1.165, 1.54) is 116 Å². The molecule has 0 N–H and O–H groups in total. The topological polar surface area (TPSA) is 23.0 Å². The molecule has 0 radical (unpaired) electrons. The maximum Gasteiger partial charge on any atom is 0.135 e. The summed E-state index contributed by atoms with van der Waals surface area (Å²) in [6.45, 7) is 11.0. The lowest BCUT2D eigenvalue weighted by atomic mass is 9.82. The molecule has 3 nitrogen and oxygen atoms in total. The summed E-state index contributed by atoms with van der Waals surface area (Å²) in [6, 6.07) is 89.6. The summed E-state index contributed by atoms with van der Waals surface area (Å²) >= 11 is 0. The van der Waals surface area contributed by atoms with Crippen LogP contribution in [0.5, 0.6) is 0 Å². The maximum absolute atomic E-state index is 6.23. The highest BCUT2D eigenvalue weighted by Crippen LogP contribution is 2.49. The summed E-state index contributed by atoms with van der Waals surface area (Å²) in [5.41, 5.74) is 23.5. The number of furan rings is 1. The van der Waals surface area contributed by atoms with Crippen molar-refractivity contribution < 1.29 is 4.42 Å². The number of rotatable bonds is 4. The first kappa shape index (κ1) is 45.7. The van der Waals surface area contributed by atoms with Crippen molar-refractivity contribution in [2.75, 3.05) is 0 Å². The van der Waals surface area contributed by atoms with Crippen LogP contribution in [0.4, 0.5) is 0 Å². The number of hydrogen-bond donors (Lipinski definition) is 0. The number of nitrogens with zero attached hydrogens (tertiary/aromatic N) is 2. The van der Waals surface area contributed by atoms with Gasteiger partial charge >= 0.3 is 0 Å². The van der Waals surface area contributed by atoms with Crippen LogP contribution in [-0.2, 0) is 5.41 Å². The monoisotopic (exact) mass is 964 g/mol. The minimum atomic E-state index is 0.152. The van der Waals surface area contributed by atoms with Crippen LogP contribution in [0.25, 0.3) is 110 Å². The van der Waals surface area contributed by atoms with Crippen molar-refractivity contribution in [3.05, 3.63) is 277 Å². The third kappa shape index (κ3) is 7.91. The highest BCUT2D eigenvalue weighted by molar-refractivity contribution is 6.14. The molecule has 11 aromatic carbocycles. The number of para-hydroxylation sites is 3. The third-order valence-corrected chi connectivity index (χ3v) is 15.5. The lowest BCUT2D eigenvalue weighted by Crippen LogP contribution is -2.14. The molecule has 0 atom stereocenters. The molecule has 0 bridgehead atoms. The Hall–Kier alpha value is -9.18. The first-order valence-electron chi connectivity index (χ1n) is 26.1. The lowest BCUT2D eigenvalue weighted by molar-refractivity contribution is 0.660. The average Bonchev–Trinajstić information content (AvgIpc) is 4.19. The summed E-state index contributed by atoms with van der Waals surface area (Å²) in [5, 5.41) is 7.32. The van der Waals surface area contributed by atoms with Gasteiger partial charge in [0.15, 0.2) is 0 Å². The van der Waals surface area contributed by atoms with E-state index in [1.54, 1.807) is 0 Å². The summed E-state index contributed by atoms with van der Waals surface area (Å²) in [7, 11) is 0. The molecule has 0 fully saturated rings. The number of benzene rings is 11. The molecule has 1 aliphatic carbocycles. The van der Waals surface area contributed by atoms with Crippen molar-refractivity contribution in [1.29, 1.82) is 0 Å². The summed E-state index contributed by atoms with van der Waals surface area (Å²) < 4.78 is 11.0. The van der Waals surface area contributed by atoms with Crippen LogP contribution < -0.4 is 0 Å². The van der Waals surface area contributed by atoms with Crippen LogP contribution in [0.15, 0.2) is 253 Å². The van der Waals surface area contributed by atoms with E-state index in [9.17, 15) is 0 Å². The second kappa shape index (κ2) is 18.4. The van der Waals surface area contributed by atoms with E-state index in [-0.39, 0.29) is 5.41 Å². The molecule has 1 aliphatic rings. The molecule has 0 spiro atoms. The Kier molecular flexibility index (Phi) is 11.2. The van der Waals surface area contributed by atoms with Gasteiger partial charge in [-0.15, -0.1) is 0 Å². The SMILES string of the molecule is Cc1ccc2c(c1)-c1ccccc1C2(C)C.Cc1cccc2oc3ccc(-c4ccc5c(c4)c4cc(-c6ccc7c(c6)c6ccccc6n7-c6ccccc6)ccc4n5-c4ccccc4)cc3c12.Cc1ccccc1. The quantitative estimate of drug-likeness (QED) is 0.172. The van der Waals surface area contributed by atoms with Gasteiger partial charge in [-0.3, -0.25) is 0 Å². The number of aromatic nitrogens is 2. The zero-order chi connectivity index (χ0) is 50.8. The summed E-state index contributed by atoms with van der Waals surface area (Å²) in [6.07, 6.45) is 0. The fourth-order valence-corrected chi connectivity index (χ4v) is 11.8. The van der Waals surface area contributed by atoms with Gasteiger partial charge in [-0.1, -0.05) is 189 Å². The molecule has 3 aromatic heterocycles. The minimum Gasteiger partial charge on any atom is -0.456 e. The standard InChI is InChI=1S/C49H32N2O.C16H16.C7H8/c1-31-11-10-18-48-49(31)42-30-35(22-26-47(42)52-48)34-21-25-46-41(29-34)40-28-33(20-24-45(40)51(46)37-14-6-3-7-15-37)32-19-23-44-39(27-32)38-16-8-9-17-43(38)50(44)36-12-4-2-5-13-36;1-11-8-9-15-13(10-11)12-6-4-5-7-14(12)16(15,2)3;1-7-5-3-2-4-6-7/h2-30H,1H3;4-10H,1-3H3;2-6H,1H3. The molecule has 3 heteroatoms. The van der Waals surface area contributed by atoms with E-state index >= 15 is 0 Å². The fraction of sp³-hybridized carbons (Fsp3) is 0.0833. The van der Waals surface area contributed by atoms with Gasteiger partial charge < -0.3 is 13.6 Å². The van der Waals surface area contributed by atoms with E-state index < -0.39 is 0 Å². The molecule has 0 saturated heterocycles.